The van der Waals surface area contributed by atoms with Crippen molar-refractivity contribution in [3.63, 3.8) is 0 Å². The zero-order chi connectivity index (χ0) is 11.4. The lowest BCUT2D eigenvalue weighted by atomic mass is 10.3. The Kier molecular flexibility index (Phi) is 3.31. The molecule has 0 spiro atoms. The normalized spacial score (nSPS) is 10.1. The van der Waals surface area contributed by atoms with E-state index in [1.165, 1.54) is 6.26 Å². The van der Waals surface area contributed by atoms with Gasteiger partial charge < -0.3 is 9.84 Å². The van der Waals surface area contributed by atoms with Crippen molar-refractivity contribution in [3.05, 3.63) is 46.5 Å². The van der Waals surface area contributed by atoms with E-state index in [-0.39, 0.29) is 5.91 Å². The second-order valence-electron chi connectivity index (χ2n) is 3.01. The maximum atomic E-state index is 11.7. The molecule has 2 rings (SSSR count). The number of amides is 1. The molecule has 0 saturated heterocycles. The Morgan fingerprint density at radius 2 is 2.38 bits per heavy atom. The Morgan fingerprint density at radius 1 is 1.50 bits per heavy atom. The van der Waals surface area contributed by atoms with Crippen molar-refractivity contribution < 1.29 is 9.32 Å². The van der Waals surface area contributed by atoms with Crippen LogP contribution in [0, 0.1) is 0 Å². The molecule has 0 fully saturated rings. The molecule has 0 aromatic carbocycles. The summed E-state index contributed by atoms with van der Waals surface area (Å²) in [6, 6.07) is 5.20. The number of carbonyl (C=O) groups is 1. The third-order valence-electron chi connectivity index (χ3n) is 1.89. The Morgan fingerprint density at radius 3 is 3.06 bits per heavy atom. The zero-order valence-corrected chi connectivity index (χ0v) is 9.77. The third kappa shape index (κ3) is 2.46. The van der Waals surface area contributed by atoms with Gasteiger partial charge in [0, 0.05) is 16.7 Å². The van der Waals surface area contributed by atoms with Crippen LogP contribution in [0.15, 0.2) is 39.7 Å². The number of carbonyl (C=O) groups excluding carboxylic acids is 1. The van der Waals surface area contributed by atoms with E-state index in [4.69, 9.17) is 0 Å². The van der Waals surface area contributed by atoms with Crippen LogP contribution in [0.4, 0.5) is 0 Å². The minimum atomic E-state index is -0.254. The molecule has 0 radical (unpaired) electrons. The predicted molar refractivity (Wildman–Crippen MR) is 59.6 cm³/mol. The SMILES string of the molecule is O=C(NCc1ccon1)c1ncccc1Br. The highest BCUT2D eigenvalue weighted by atomic mass is 79.9. The summed E-state index contributed by atoms with van der Waals surface area (Å²) in [6.07, 6.45) is 3.02. The molecule has 0 aliphatic carbocycles. The van der Waals surface area contributed by atoms with Crippen molar-refractivity contribution in [2.45, 2.75) is 6.54 Å². The second kappa shape index (κ2) is 4.89. The largest absolute Gasteiger partial charge is 0.364 e. The first-order valence-electron chi connectivity index (χ1n) is 4.55. The average molecular weight is 282 g/mol. The van der Waals surface area contributed by atoms with Gasteiger partial charge in [0.05, 0.1) is 6.54 Å². The smallest absolute Gasteiger partial charge is 0.271 e. The van der Waals surface area contributed by atoms with E-state index in [0.717, 1.165) is 0 Å². The first-order chi connectivity index (χ1) is 7.77. The van der Waals surface area contributed by atoms with E-state index < -0.39 is 0 Å². The summed E-state index contributed by atoms with van der Waals surface area (Å²) in [5.41, 5.74) is 1.02. The van der Waals surface area contributed by atoms with Crippen LogP contribution >= 0.6 is 15.9 Å². The number of pyridine rings is 1. The first kappa shape index (κ1) is 10.8. The lowest BCUT2D eigenvalue weighted by molar-refractivity contribution is 0.0944. The molecular weight excluding hydrogens is 274 g/mol. The highest BCUT2D eigenvalue weighted by Gasteiger charge is 2.10. The monoisotopic (exact) mass is 281 g/mol. The summed E-state index contributed by atoms with van der Waals surface area (Å²) in [5, 5.41) is 6.37. The molecule has 0 unspecified atom stereocenters. The minimum absolute atomic E-state index is 0.254. The molecule has 1 N–H and O–H groups in total. The topological polar surface area (TPSA) is 68.0 Å². The molecule has 2 aromatic heterocycles. The van der Waals surface area contributed by atoms with Gasteiger partial charge >= 0.3 is 0 Å². The minimum Gasteiger partial charge on any atom is -0.364 e. The van der Waals surface area contributed by atoms with Crippen LogP contribution in [-0.2, 0) is 6.54 Å². The fraction of sp³-hybridized carbons (Fsp3) is 0.100. The summed E-state index contributed by atoms with van der Waals surface area (Å²) in [4.78, 5) is 15.7. The summed E-state index contributed by atoms with van der Waals surface area (Å²) < 4.78 is 5.31. The van der Waals surface area contributed by atoms with E-state index in [9.17, 15) is 4.79 Å². The lowest BCUT2D eigenvalue weighted by Gasteiger charge is -2.03. The molecule has 0 aliphatic heterocycles. The molecule has 1 amide bonds. The van der Waals surface area contributed by atoms with E-state index in [2.05, 4.69) is 35.9 Å². The fourth-order valence-electron chi connectivity index (χ4n) is 1.14. The van der Waals surface area contributed by atoms with Crippen LogP contribution in [-0.4, -0.2) is 16.0 Å². The summed E-state index contributed by atoms with van der Waals surface area (Å²) in [7, 11) is 0. The lowest BCUT2D eigenvalue weighted by Crippen LogP contribution is -2.24. The van der Waals surface area contributed by atoms with Crippen molar-refractivity contribution >= 4 is 21.8 Å². The van der Waals surface area contributed by atoms with Crippen LogP contribution in [0.5, 0.6) is 0 Å². The number of hydrogen-bond donors (Lipinski definition) is 1. The van der Waals surface area contributed by atoms with Gasteiger partial charge in [-0.3, -0.25) is 4.79 Å². The maximum absolute atomic E-state index is 11.7. The molecular formula is C10H8BrN3O2. The van der Waals surface area contributed by atoms with Gasteiger partial charge in [0.1, 0.15) is 17.7 Å². The summed E-state index contributed by atoms with van der Waals surface area (Å²) in [6.45, 7) is 0.318. The van der Waals surface area contributed by atoms with Crippen molar-refractivity contribution in [1.82, 2.24) is 15.5 Å². The second-order valence-corrected chi connectivity index (χ2v) is 3.86. The molecule has 82 valence electrons. The molecule has 0 saturated carbocycles. The zero-order valence-electron chi connectivity index (χ0n) is 8.18. The first-order valence-corrected chi connectivity index (χ1v) is 5.34. The van der Waals surface area contributed by atoms with Gasteiger partial charge in [-0.15, -0.1) is 0 Å². The number of nitrogens with zero attached hydrogens (tertiary/aromatic N) is 2. The van der Waals surface area contributed by atoms with Crippen LogP contribution in [0.2, 0.25) is 0 Å². The van der Waals surface area contributed by atoms with E-state index in [1.54, 1.807) is 24.4 Å². The van der Waals surface area contributed by atoms with Crippen LogP contribution < -0.4 is 5.32 Å². The molecule has 16 heavy (non-hydrogen) atoms. The number of aromatic nitrogens is 2. The van der Waals surface area contributed by atoms with Gasteiger partial charge in [0.2, 0.25) is 0 Å². The Labute approximate surface area is 100.0 Å². The quantitative estimate of drug-likeness (QED) is 0.931. The third-order valence-corrected chi connectivity index (χ3v) is 2.53. The standard InChI is InChI=1S/C10H8BrN3O2/c11-8-2-1-4-12-9(8)10(15)13-6-7-3-5-16-14-7/h1-5H,6H2,(H,13,15). The number of hydrogen-bond acceptors (Lipinski definition) is 4. The Balaban J connectivity index is 2.01. The van der Waals surface area contributed by atoms with Gasteiger partial charge in [-0.1, -0.05) is 5.16 Å². The highest BCUT2D eigenvalue weighted by molar-refractivity contribution is 9.10. The van der Waals surface area contributed by atoms with Crippen LogP contribution in [0.1, 0.15) is 16.2 Å². The van der Waals surface area contributed by atoms with Crippen LogP contribution in [0.25, 0.3) is 0 Å². The molecule has 0 aliphatic rings. The van der Waals surface area contributed by atoms with Gasteiger partial charge in [-0.2, -0.15) is 0 Å². The number of rotatable bonds is 3. The average Bonchev–Trinajstić information content (AvgIpc) is 2.79. The number of nitrogens with one attached hydrogen (secondary N) is 1. The van der Waals surface area contributed by atoms with Gasteiger partial charge in [-0.25, -0.2) is 4.98 Å². The Bertz CT molecular complexity index is 485. The van der Waals surface area contributed by atoms with Crippen molar-refractivity contribution in [1.29, 1.82) is 0 Å². The summed E-state index contributed by atoms with van der Waals surface area (Å²) >= 11 is 3.26. The molecule has 2 heterocycles. The van der Waals surface area contributed by atoms with E-state index >= 15 is 0 Å². The van der Waals surface area contributed by atoms with Crippen LogP contribution in [0.3, 0.4) is 0 Å². The van der Waals surface area contributed by atoms with E-state index in [1.807, 2.05) is 0 Å². The van der Waals surface area contributed by atoms with E-state index in [0.29, 0.717) is 22.4 Å². The van der Waals surface area contributed by atoms with Gasteiger partial charge in [0.25, 0.3) is 5.91 Å². The maximum Gasteiger partial charge on any atom is 0.271 e. The summed E-state index contributed by atoms with van der Waals surface area (Å²) in [5.74, 6) is -0.254. The van der Waals surface area contributed by atoms with Gasteiger partial charge in [-0.05, 0) is 28.1 Å². The fourth-order valence-corrected chi connectivity index (χ4v) is 1.57. The molecule has 5 nitrogen and oxygen atoms in total. The Hall–Kier alpha value is -1.69. The predicted octanol–water partition coefficient (Wildman–Crippen LogP) is 1.76. The molecule has 0 bridgehead atoms. The molecule has 2 aromatic rings. The number of halogens is 1. The van der Waals surface area contributed by atoms with Crippen molar-refractivity contribution in [2.24, 2.45) is 0 Å². The van der Waals surface area contributed by atoms with Crippen molar-refractivity contribution in [3.8, 4) is 0 Å². The molecule has 0 atom stereocenters. The van der Waals surface area contributed by atoms with Gasteiger partial charge in [0.15, 0.2) is 0 Å². The highest BCUT2D eigenvalue weighted by Crippen LogP contribution is 2.12. The molecule has 6 heteroatoms. The van der Waals surface area contributed by atoms with Crippen molar-refractivity contribution in [2.75, 3.05) is 0 Å².